The minimum absolute atomic E-state index is 0.354. The fourth-order valence-electron chi connectivity index (χ4n) is 1.96. The third-order valence-electron chi connectivity index (χ3n) is 2.96. The van der Waals surface area contributed by atoms with Gasteiger partial charge in [-0.05, 0) is 12.1 Å². The van der Waals surface area contributed by atoms with Gasteiger partial charge in [0.05, 0.1) is 0 Å². The third kappa shape index (κ3) is 2.48. The second kappa shape index (κ2) is 5.18. The molecular weight excluding hydrogens is 298 g/mol. The quantitative estimate of drug-likeness (QED) is 0.756. The number of hydrogen-bond donors (Lipinski definition) is 1. The van der Waals surface area contributed by atoms with E-state index in [0.717, 1.165) is 5.39 Å². The van der Waals surface area contributed by atoms with Crippen molar-refractivity contribution in [1.82, 2.24) is 4.98 Å². The average Bonchev–Trinajstić information content (AvgIpc) is 2.48. The Hall–Kier alpha value is -2.40. The number of anilines is 1. The molecule has 0 unspecified atom stereocenters. The second-order valence-electron chi connectivity index (χ2n) is 4.34. The number of nitrogen functional groups attached to an aromatic ring is 1. The molecule has 2 N–H and O–H groups in total. The van der Waals surface area contributed by atoms with E-state index < -0.39 is 17.5 Å². The first-order valence-corrected chi connectivity index (χ1v) is 6.40. The minimum atomic E-state index is -0.930. The van der Waals surface area contributed by atoms with Crippen LogP contribution in [0.4, 0.5) is 14.6 Å². The summed E-state index contributed by atoms with van der Waals surface area (Å²) in [7, 11) is 0. The Morgan fingerprint density at radius 1 is 1.00 bits per heavy atom. The van der Waals surface area contributed by atoms with Crippen LogP contribution in [-0.2, 0) is 0 Å². The monoisotopic (exact) mass is 306 g/mol. The number of hydrogen-bond acceptors (Lipinski definition) is 3. The molecule has 3 nitrogen and oxygen atoms in total. The zero-order valence-corrected chi connectivity index (χ0v) is 11.4. The van der Waals surface area contributed by atoms with Crippen molar-refractivity contribution in [3.05, 3.63) is 59.1 Å². The number of nitrogens with zero attached hydrogens (tertiary/aromatic N) is 1. The first-order chi connectivity index (χ1) is 10.1. The van der Waals surface area contributed by atoms with Crippen molar-refractivity contribution in [3.8, 4) is 11.6 Å². The van der Waals surface area contributed by atoms with Gasteiger partial charge in [-0.25, -0.2) is 8.78 Å². The Labute approximate surface area is 123 Å². The van der Waals surface area contributed by atoms with Gasteiger partial charge in [0, 0.05) is 21.9 Å². The Kier molecular flexibility index (Phi) is 3.35. The van der Waals surface area contributed by atoms with Crippen LogP contribution in [0.25, 0.3) is 10.8 Å². The number of nitrogens with two attached hydrogens (primary N) is 1. The van der Waals surface area contributed by atoms with Crippen molar-refractivity contribution in [2.24, 2.45) is 0 Å². The van der Waals surface area contributed by atoms with E-state index in [9.17, 15) is 8.78 Å². The molecule has 0 saturated heterocycles. The number of rotatable bonds is 2. The highest BCUT2D eigenvalue weighted by Crippen LogP contribution is 2.34. The lowest BCUT2D eigenvalue weighted by Gasteiger charge is -2.10. The number of halogens is 3. The topological polar surface area (TPSA) is 48.1 Å². The summed E-state index contributed by atoms with van der Waals surface area (Å²) in [6, 6.07) is 11.1. The summed E-state index contributed by atoms with van der Waals surface area (Å²) in [5.74, 6) is -2.32. The van der Waals surface area contributed by atoms with Crippen LogP contribution in [0.15, 0.2) is 42.5 Å². The molecule has 3 rings (SSSR count). The largest absolute Gasteiger partial charge is 0.436 e. The Bertz CT molecular complexity index is 839. The van der Waals surface area contributed by atoms with Crippen molar-refractivity contribution in [1.29, 1.82) is 0 Å². The van der Waals surface area contributed by atoms with Gasteiger partial charge >= 0.3 is 0 Å². The zero-order valence-electron chi connectivity index (χ0n) is 10.6. The average molecular weight is 307 g/mol. The summed E-state index contributed by atoms with van der Waals surface area (Å²) in [5, 5.41) is 1.99. The first-order valence-electron chi connectivity index (χ1n) is 6.03. The van der Waals surface area contributed by atoms with E-state index in [4.69, 9.17) is 22.1 Å². The molecule has 0 fully saturated rings. The van der Waals surface area contributed by atoms with Crippen LogP contribution in [0.3, 0.4) is 0 Å². The molecule has 21 heavy (non-hydrogen) atoms. The number of pyridine rings is 1. The summed E-state index contributed by atoms with van der Waals surface area (Å²) in [4.78, 5) is 3.57. The Morgan fingerprint density at radius 3 is 2.48 bits per heavy atom. The molecule has 3 aromatic rings. The van der Waals surface area contributed by atoms with Crippen LogP contribution >= 0.6 is 11.6 Å². The predicted molar refractivity (Wildman–Crippen MR) is 77.6 cm³/mol. The van der Waals surface area contributed by atoms with E-state index >= 15 is 0 Å². The number of ether oxygens (including phenoxy) is 1. The van der Waals surface area contributed by atoms with Gasteiger partial charge in [-0.15, -0.1) is 0 Å². The van der Waals surface area contributed by atoms with Gasteiger partial charge in [-0.1, -0.05) is 35.9 Å². The van der Waals surface area contributed by atoms with Gasteiger partial charge in [0.25, 0.3) is 5.88 Å². The highest BCUT2D eigenvalue weighted by molar-refractivity contribution is 6.35. The molecule has 0 bridgehead atoms. The molecule has 106 valence electrons. The predicted octanol–water partition coefficient (Wildman–Crippen LogP) is 4.54. The Morgan fingerprint density at radius 2 is 1.71 bits per heavy atom. The standard InChI is InChI=1S/C15H9ClF2N2O/c16-10-5-6-13(9-4-2-1-3-8(9)10)21-15-12(18)7-11(17)14(19)20-15/h1-7H,(H2,19,20). The lowest BCUT2D eigenvalue weighted by molar-refractivity contribution is 0.422. The van der Waals surface area contributed by atoms with Gasteiger partial charge in [-0.2, -0.15) is 4.98 Å². The van der Waals surface area contributed by atoms with Gasteiger partial charge in [0.1, 0.15) is 5.75 Å². The van der Waals surface area contributed by atoms with Crippen LogP contribution < -0.4 is 10.5 Å². The van der Waals surface area contributed by atoms with E-state index in [2.05, 4.69) is 4.98 Å². The van der Waals surface area contributed by atoms with Crippen molar-refractivity contribution >= 4 is 28.2 Å². The molecular formula is C15H9ClF2N2O. The lowest BCUT2D eigenvalue weighted by atomic mass is 10.1. The molecule has 0 amide bonds. The van der Waals surface area contributed by atoms with Crippen molar-refractivity contribution in [3.63, 3.8) is 0 Å². The minimum Gasteiger partial charge on any atom is -0.436 e. The molecule has 0 aliphatic rings. The van der Waals surface area contributed by atoms with E-state index in [0.29, 0.717) is 22.2 Å². The van der Waals surface area contributed by atoms with Crippen LogP contribution in [0, 0.1) is 11.6 Å². The fraction of sp³-hybridized carbons (Fsp3) is 0. The third-order valence-corrected chi connectivity index (χ3v) is 3.29. The maximum atomic E-state index is 13.7. The Balaban J connectivity index is 2.11. The SMILES string of the molecule is Nc1nc(Oc2ccc(Cl)c3ccccc23)c(F)cc1F. The zero-order chi connectivity index (χ0) is 15.0. The molecule has 0 aliphatic carbocycles. The van der Waals surface area contributed by atoms with Crippen LogP contribution in [0.1, 0.15) is 0 Å². The summed E-state index contributed by atoms with van der Waals surface area (Å²) in [6.07, 6.45) is 0. The normalized spacial score (nSPS) is 10.8. The maximum absolute atomic E-state index is 13.7. The van der Waals surface area contributed by atoms with E-state index in [1.54, 1.807) is 24.3 Å². The van der Waals surface area contributed by atoms with E-state index in [1.807, 2.05) is 12.1 Å². The van der Waals surface area contributed by atoms with Crippen molar-refractivity contribution in [2.45, 2.75) is 0 Å². The summed E-state index contributed by atoms with van der Waals surface area (Å²) in [5.41, 5.74) is 5.33. The summed E-state index contributed by atoms with van der Waals surface area (Å²) in [6.45, 7) is 0. The van der Waals surface area contributed by atoms with Gasteiger partial charge in [0.15, 0.2) is 17.5 Å². The highest BCUT2D eigenvalue weighted by Gasteiger charge is 2.14. The molecule has 1 aromatic heterocycles. The molecule has 2 aromatic carbocycles. The summed E-state index contributed by atoms with van der Waals surface area (Å²) >= 11 is 6.09. The lowest BCUT2D eigenvalue weighted by Crippen LogP contribution is -2.00. The highest BCUT2D eigenvalue weighted by atomic mass is 35.5. The molecule has 0 saturated carbocycles. The van der Waals surface area contributed by atoms with E-state index in [-0.39, 0.29) is 5.88 Å². The fourth-order valence-corrected chi connectivity index (χ4v) is 2.19. The van der Waals surface area contributed by atoms with E-state index in [1.165, 1.54) is 0 Å². The van der Waals surface area contributed by atoms with Crippen LogP contribution in [-0.4, -0.2) is 4.98 Å². The molecule has 0 spiro atoms. The molecule has 0 atom stereocenters. The van der Waals surface area contributed by atoms with Gasteiger partial charge in [-0.3, -0.25) is 0 Å². The number of benzene rings is 2. The maximum Gasteiger partial charge on any atom is 0.258 e. The summed E-state index contributed by atoms with van der Waals surface area (Å²) < 4.78 is 32.2. The molecule has 0 aliphatic heterocycles. The number of fused-ring (bicyclic) bond motifs is 1. The van der Waals surface area contributed by atoms with Crippen LogP contribution in [0.2, 0.25) is 5.02 Å². The second-order valence-corrected chi connectivity index (χ2v) is 4.74. The van der Waals surface area contributed by atoms with Gasteiger partial charge in [0.2, 0.25) is 0 Å². The van der Waals surface area contributed by atoms with Crippen molar-refractivity contribution < 1.29 is 13.5 Å². The smallest absolute Gasteiger partial charge is 0.258 e. The molecule has 0 radical (unpaired) electrons. The molecule has 1 heterocycles. The van der Waals surface area contributed by atoms with Crippen molar-refractivity contribution in [2.75, 3.05) is 5.73 Å². The first kappa shape index (κ1) is 13.6. The van der Waals surface area contributed by atoms with Gasteiger partial charge < -0.3 is 10.5 Å². The van der Waals surface area contributed by atoms with Crippen LogP contribution in [0.5, 0.6) is 11.6 Å². The molecule has 6 heteroatoms. The number of aromatic nitrogens is 1.